The standard InChI is InChI=1S/C18H26N4O3S/c1-2-21-7-9-22(10-8-21)6-5-19-18(23)14-24-13-15-12-16(25-20-15)17-4-3-11-26-17/h3-4,11-12H,2,5-10,13-14H2,1H3,(H,19,23). The van der Waals surface area contributed by atoms with Crippen molar-refractivity contribution in [2.75, 3.05) is 52.4 Å². The SMILES string of the molecule is CCN1CCN(CCNC(=O)COCc2cc(-c3cccs3)on2)CC1. The molecule has 1 amide bonds. The number of hydrogen-bond acceptors (Lipinski definition) is 7. The third-order valence-corrected chi connectivity index (χ3v) is 5.35. The Morgan fingerprint density at radius 2 is 2.15 bits per heavy atom. The van der Waals surface area contributed by atoms with E-state index in [1.807, 2.05) is 23.6 Å². The molecule has 1 aliphatic heterocycles. The Hall–Kier alpha value is -1.74. The fourth-order valence-electron chi connectivity index (χ4n) is 2.90. The molecule has 0 spiro atoms. The van der Waals surface area contributed by atoms with Crippen molar-refractivity contribution < 1.29 is 14.1 Å². The van der Waals surface area contributed by atoms with Gasteiger partial charge in [0.15, 0.2) is 5.76 Å². The molecule has 0 aromatic carbocycles. The normalized spacial score (nSPS) is 16.0. The van der Waals surface area contributed by atoms with Crippen LogP contribution in [0.5, 0.6) is 0 Å². The molecule has 1 N–H and O–H groups in total. The summed E-state index contributed by atoms with van der Waals surface area (Å²) < 4.78 is 10.7. The Balaban J connectivity index is 1.28. The zero-order chi connectivity index (χ0) is 18.2. The molecular weight excluding hydrogens is 352 g/mol. The predicted molar refractivity (Wildman–Crippen MR) is 101 cm³/mol. The van der Waals surface area contributed by atoms with Crippen molar-refractivity contribution in [2.24, 2.45) is 0 Å². The topological polar surface area (TPSA) is 70.8 Å². The van der Waals surface area contributed by atoms with Crippen molar-refractivity contribution in [3.05, 3.63) is 29.3 Å². The number of nitrogens with zero attached hydrogens (tertiary/aromatic N) is 3. The number of amides is 1. The highest BCUT2D eigenvalue weighted by atomic mass is 32.1. The van der Waals surface area contributed by atoms with Crippen LogP contribution in [0.1, 0.15) is 12.6 Å². The average molecular weight is 378 g/mol. The summed E-state index contributed by atoms with van der Waals surface area (Å²) in [6, 6.07) is 5.79. The van der Waals surface area contributed by atoms with Gasteiger partial charge in [-0.3, -0.25) is 9.69 Å². The largest absolute Gasteiger partial charge is 0.365 e. The second-order valence-corrected chi connectivity index (χ2v) is 7.23. The molecule has 0 aliphatic carbocycles. The zero-order valence-corrected chi connectivity index (χ0v) is 16.0. The molecule has 26 heavy (non-hydrogen) atoms. The number of carbonyl (C=O) groups excluding carboxylic acids is 1. The van der Waals surface area contributed by atoms with Crippen LogP contribution in [0.3, 0.4) is 0 Å². The first-order valence-corrected chi connectivity index (χ1v) is 9.91. The van der Waals surface area contributed by atoms with E-state index >= 15 is 0 Å². The van der Waals surface area contributed by atoms with Gasteiger partial charge in [-0.2, -0.15) is 0 Å². The van der Waals surface area contributed by atoms with Crippen molar-refractivity contribution in [1.82, 2.24) is 20.3 Å². The second kappa shape index (κ2) is 9.82. The Morgan fingerprint density at radius 3 is 2.88 bits per heavy atom. The highest BCUT2D eigenvalue weighted by Crippen LogP contribution is 2.25. The lowest BCUT2D eigenvalue weighted by atomic mass is 10.3. The smallest absolute Gasteiger partial charge is 0.246 e. The van der Waals surface area contributed by atoms with E-state index in [2.05, 4.69) is 27.2 Å². The fourth-order valence-corrected chi connectivity index (χ4v) is 3.57. The van der Waals surface area contributed by atoms with Gasteiger partial charge < -0.3 is 19.5 Å². The molecule has 1 aliphatic rings. The van der Waals surface area contributed by atoms with Crippen molar-refractivity contribution in [2.45, 2.75) is 13.5 Å². The third-order valence-electron chi connectivity index (χ3n) is 4.47. The molecule has 3 heterocycles. The number of hydrogen-bond donors (Lipinski definition) is 1. The molecule has 3 rings (SSSR count). The van der Waals surface area contributed by atoms with Crippen molar-refractivity contribution >= 4 is 17.2 Å². The Kier molecular flexibility index (Phi) is 7.19. The van der Waals surface area contributed by atoms with Gasteiger partial charge in [-0.25, -0.2) is 0 Å². The molecule has 2 aromatic heterocycles. The van der Waals surface area contributed by atoms with Crippen LogP contribution in [0.2, 0.25) is 0 Å². The fraction of sp³-hybridized carbons (Fsp3) is 0.556. The van der Waals surface area contributed by atoms with Gasteiger partial charge in [0.25, 0.3) is 0 Å². The summed E-state index contributed by atoms with van der Waals surface area (Å²) in [6.07, 6.45) is 0. The van der Waals surface area contributed by atoms with E-state index in [9.17, 15) is 4.79 Å². The van der Waals surface area contributed by atoms with E-state index in [0.29, 0.717) is 12.2 Å². The minimum Gasteiger partial charge on any atom is -0.365 e. The maximum atomic E-state index is 11.9. The van der Waals surface area contributed by atoms with Gasteiger partial charge in [0, 0.05) is 45.3 Å². The summed E-state index contributed by atoms with van der Waals surface area (Å²) >= 11 is 1.59. The van der Waals surface area contributed by atoms with Crippen LogP contribution in [-0.4, -0.2) is 73.3 Å². The molecule has 0 radical (unpaired) electrons. The second-order valence-electron chi connectivity index (χ2n) is 6.28. The molecule has 8 heteroatoms. The minimum atomic E-state index is -0.0980. The van der Waals surface area contributed by atoms with E-state index in [1.54, 1.807) is 11.3 Å². The van der Waals surface area contributed by atoms with Gasteiger partial charge in [0.1, 0.15) is 12.3 Å². The minimum absolute atomic E-state index is 0.0325. The van der Waals surface area contributed by atoms with Crippen LogP contribution in [0.4, 0.5) is 0 Å². The molecule has 0 saturated carbocycles. The highest BCUT2D eigenvalue weighted by molar-refractivity contribution is 7.13. The predicted octanol–water partition coefficient (Wildman–Crippen LogP) is 1.67. The number of carbonyl (C=O) groups is 1. The van der Waals surface area contributed by atoms with Crippen LogP contribution in [0, 0.1) is 0 Å². The zero-order valence-electron chi connectivity index (χ0n) is 15.1. The lowest BCUT2D eigenvalue weighted by Crippen LogP contribution is -2.48. The lowest BCUT2D eigenvalue weighted by Gasteiger charge is -2.33. The van der Waals surface area contributed by atoms with Crippen LogP contribution < -0.4 is 5.32 Å². The van der Waals surface area contributed by atoms with Gasteiger partial charge in [-0.05, 0) is 18.0 Å². The molecule has 0 atom stereocenters. The van der Waals surface area contributed by atoms with Crippen molar-refractivity contribution in [1.29, 1.82) is 0 Å². The van der Waals surface area contributed by atoms with Crippen LogP contribution in [-0.2, 0) is 16.1 Å². The number of likely N-dealkylation sites (N-methyl/N-ethyl adjacent to an activating group) is 1. The number of ether oxygens (including phenoxy) is 1. The molecule has 0 unspecified atom stereocenters. The highest BCUT2D eigenvalue weighted by Gasteiger charge is 2.15. The summed E-state index contributed by atoms with van der Waals surface area (Å²) in [5.41, 5.74) is 0.690. The Morgan fingerprint density at radius 1 is 1.35 bits per heavy atom. The van der Waals surface area contributed by atoms with E-state index < -0.39 is 0 Å². The molecular formula is C18H26N4O3S. The lowest BCUT2D eigenvalue weighted by molar-refractivity contribution is -0.126. The number of aromatic nitrogens is 1. The average Bonchev–Trinajstić information content (AvgIpc) is 3.34. The number of nitrogens with one attached hydrogen (secondary N) is 1. The van der Waals surface area contributed by atoms with E-state index in [0.717, 1.165) is 49.9 Å². The van der Waals surface area contributed by atoms with Gasteiger partial charge >= 0.3 is 0 Å². The van der Waals surface area contributed by atoms with Gasteiger partial charge in [0.2, 0.25) is 5.91 Å². The first kappa shape index (κ1) is 19.0. The number of thiophene rings is 1. The summed E-state index contributed by atoms with van der Waals surface area (Å²) in [4.78, 5) is 17.7. The van der Waals surface area contributed by atoms with Crippen LogP contribution >= 0.6 is 11.3 Å². The molecule has 142 valence electrons. The summed E-state index contributed by atoms with van der Waals surface area (Å²) in [6.45, 7) is 9.50. The van der Waals surface area contributed by atoms with Crippen molar-refractivity contribution in [3.8, 4) is 10.6 Å². The molecule has 2 aromatic rings. The summed E-state index contributed by atoms with van der Waals surface area (Å²) in [5, 5.41) is 8.87. The summed E-state index contributed by atoms with van der Waals surface area (Å²) in [7, 11) is 0. The monoisotopic (exact) mass is 378 g/mol. The van der Waals surface area contributed by atoms with Crippen LogP contribution in [0.25, 0.3) is 10.6 Å². The van der Waals surface area contributed by atoms with Gasteiger partial charge in [-0.1, -0.05) is 18.1 Å². The first-order valence-electron chi connectivity index (χ1n) is 9.03. The van der Waals surface area contributed by atoms with Crippen LogP contribution in [0.15, 0.2) is 28.1 Å². The molecule has 7 nitrogen and oxygen atoms in total. The first-order chi connectivity index (χ1) is 12.7. The summed E-state index contributed by atoms with van der Waals surface area (Å²) in [5.74, 6) is 0.630. The molecule has 1 fully saturated rings. The third kappa shape index (κ3) is 5.63. The quantitative estimate of drug-likeness (QED) is 0.716. The Labute approximate surface area is 157 Å². The maximum absolute atomic E-state index is 11.9. The number of piperazine rings is 1. The Bertz CT molecular complexity index is 666. The molecule has 0 bridgehead atoms. The van der Waals surface area contributed by atoms with Crippen molar-refractivity contribution in [3.63, 3.8) is 0 Å². The van der Waals surface area contributed by atoms with Gasteiger partial charge in [-0.15, -0.1) is 11.3 Å². The number of rotatable bonds is 9. The molecule has 1 saturated heterocycles. The van der Waals surface area contributed by atoms with E-state index in [4.69, 9.17) is 9.26 Å². The van der Waals surface area contributed by atoms with Gasteiger partial charge in [0.05, 0.1) is 11.5 Å². The van der Waals surface area contributed by atoms with E-state index in [-0.39, 0.29) is 19.1 Å². The van der Waals surface area contributed by atoms with E-state index in [1.165, 1.54) is 0 Å². The maximum Gasteiger partial charge on any atom is 0.246 e.